The molecule has 0 unspecified atom stereocenters. The Kier molecular flexibility index (Phi) is 4.71. The van der Waals surface area contributed by atoms with Crippen LogP contribution in [0.5, 0.6) is 0 Å². The van der Waals surface area contributed by atoms with Gasteiger partial charge >= 0.3 is 0 Å². The summed E-state index contributed by atoms with van der Waals surface area (Å²) in [5.74, 6) is 0. The number of aryl methyl sites for hydroxylation is 2. The Balaban J connectivity index is 1.70. The molecular formula is C18H24N2S. The Bertz CT molecular complexity index is 580. The zero-order chi connectivity index (χ0) is 14.7. The van der Waals surface area contributed by atoms with E-state index in [1.165, 1.54) is 47.4 Å². The standard InChI is InChI=1S/C18H24N2S/c1-3-14-8-10-15(11-9-14)18-20-13(2)17(21-18)12-19-16-6-4-5-7-16/h8-11,16,19H,3-7,12H2,1-2H3. The zero-order valence-corrected chi connectivity index (χ0v) is 13.8. The van der Waals surface area contributed by atoms with Crippen LogP contribution in [-0.4, -0.2) is 11.0 Å². The third-order valence-corrected chi connectivity index (χ3v) is 5.61. The highest BCUT2D eigenvalue weighted by Gasteiger charge is 2.16. The molecule has 0 bridgehead atoms. The fraction of sp³-hybridized carbons (Fsp3) is 0.500. The summed E-state index contributed by atoms with van der Waals surface area (Å²) in [6.45, 7) is 5.29. The van der Waals surface area contributed by atoms with Crippen molar-refractivity contribution in [3.8, 4) is 10.6 Å². The summed E-state index contributed by atoms with van der Waals surface area (Å²) in [4.78, 5) is 6.15. The van der Waals surface area contributed by atoms with Gasteiger partial charge in [0.1, 0.15) is 5.01 Å². The fourth-order valence-corrected chi connectivity index (χ4v) is 3.98. The van der Waals surface area contributed by atoms with Crippen molar-refractivity contribution < 1.29 is 0 Å². The molecule has 2 nitrogen and oxygen atoms in total. The highest BCUT2D eigenvalue weighted by Crippen LogP contribution is 2.28. The van der Waals surface area contributed by atoms with Crippen LogP contribution in [0.25, 0.3) is 10.6 Å². The van der Waals surface area contributed by atoms with E-state index in [9.17, 15) is 0 Å². The lowest BCUT2D eigenvalue weighted by Crippen LogP contribution is -2.25. The second-order valence-electron chi connectivity index (χ2n) is 5.94. The highest BCUT2D eigenvalue weighted by atomic mass is 32.1. The largest absolute Gasteiger partial charge is 0.309 e. The quantitative estimate of drug-likeness (QED) is 0.864. The molecule has 0 aliphatic heterocycles. The van der Waals surface area contributed by atoms with E-state index in [2.05, 4.69) is 43.4 Å². The molecule has 1 aliphatic carbocycles. The van der Waals surface area contributed by atoms with Crippen LogP contribution >= 0.6 is 11.3 Å². The maximum Gasteiger partial charge on any atom is 0.123 e. The molecule has 1 saturated carbocycles. The van der Waals surface area contributed by atoms with E-state index in [0.717, 1.165) is 24.0 Å². The molecular weight excluding hydrogens is 276 g/mol. The van der Waals surface area contributed by atoms with Gasteiger partial charge in [0.15, 0.2) is 0 Å². The summed E-state index contributed by atoms with van der Waals surface area (Å²) in [6.07, 6.45) is 6.53. The molecule has 2 aromatic rings. The molecule has 1 fully saturated rings. The van der Waals surface area contributed by atoms with E-state index in [-0.39, 0.29) is 0 Å². The molecule has 21 heavy (non-hydrogen) atoms. The second kappa shape index (κ2) is 6.71. The van der Waals surface area contributed by atoms with Crippen LogP contribution < -0.4 is 5.32 Å². The molecule has 0 saturated heterocycles. The van der Waals surface area contributed by atoms with Crippen molar-refractivity contribution in [1.82, 2.24) is 10.3 Å². The molecule has 0 radical (unpaired) electrons. The Hall–Kier alpha value is -1.19. The summed E-state index contributed by atoms with van der Waals surface area (Å²) in [5, 5.41) is 4.84. The number of thiazole rings is 1. The van der Waals surface area contributed by atoms with Gasteiger partial charge in [-0.2, -0.15) is 0 Å². The van der Waals surface area contributed by atoms with Crippen molar-refractivity contribution in [2.45, 2.75) is 58.5 Å². The Morgan fingerprint density at radius 2 is 1.90 bits per heavy atom. The molecule has 3 rings (SSSR count). The van der Waals surface area contributed by atoms with Crippen LogP contribution in [0.15, 0.2) is 24.3 Å². The third-order valence-electron chi connectivity index (χ3n) is 4.41. The van der Waals surface area contributed by atoms with Gasteiger partial charge < -0.3 is 5.32 Å². The van der Waals surface area contributed by atoms with Crippen molar-refractivity contribution in [1.29, 1.82) is 0 Å². The third kappa shape index (κ3) is 3.53. The van der Waals surface area contributed by atoms with Crippen LogP contribution in [0.2, 0.25) is 0 Å². The first-order valence-corrected chi connectivity index (χ1v) is 8.87. The van der Waals surface area contributed by atoms with Crippen LogP contribution in [0.3, 0.4) is 0 Å². The second-order valence-corrected chi connectivity index (χ2v) is 7.02. The van der Waals surface area contributed by atoms with E-state index in [1.54, 1.807) is 0 Å². The minimum Gasteiger partial charge on any atom is -0.309 e. The van der Waals surface area contributed by atoms with Crippen molar-refractivity contribution >= 4 is 11.3 Å². The molecule has 1 heterocycles. The molecule has 3 heteroatoms. The molecule has 0 amide bonds. The van der Waals surface area contributed by atoms with E-state index < -0.39 is 0 Å². The molecule has 112 valence electrons. The predicted octanol–water partition coefficient (Wildman–Crippen LogP) is 4.71. The van der Waals surface area contributed by atoms with Gasteiger partial charge in [-0.25, -0.2) is 4.98 Å². The minimum atomic E-state index is 0.721. The molecule has 0 atom stereocenters. The zero-order valence-electron chi connectivity index (χ0n) is 13.0. The number of rotatable bonds is 5. The first-order valence-electron chi connectivity index (χ1n) is 8.05. The van der Waals surface area contributed by atoms with Crippen LogP contribution in [-0.2, 0) is 13.0 Å². The monoisotopic (exact) mass is 300 g/mol. The van der Waals surface area contributed by atoms with Crippen LogP contribution in [0.1, 0.15) is 48.7 Å². The van der Waals surface area contributed by atoms with Gasteiger partial charge in [0.25, 0.3) is 0 Å². The minimum absolute atomic E-state index is 0.721. The number of hydrogen-bond acceptors (Lipinski definition) is 3. The van der Waals surface area contributed by atoms with Gasteiger partial charge in [-0.3, -0.25) is 0 Å². The Morgan fingerprint density at radius 1 is 1.19 bits per heavy atom. The number of nitrogens with one attached hydrogen (secondary N) is 1. The Labute approximate surface area is 131 Å². The van der Waals surface area contributed by atoms with Crippen LogP contribution in [0, 0.1) is 6.92 Å². The van der Waals surface area contributed by atoms with Crippen molar-refractivity contribution in [3.05, 3.63) is 40.4 Å². The van der Waals surface area contributed by atoms with Gasteiger partial charge in [0.05, 0.1) is 5.69 Å². The number of nitrogens with zero attached hydrogens (tertiary/aromatic N) is 1. The van der Waals surface area contributed by atoms with Crippen LogP contribution in [0.4, 0.5) is 0 Å². The lowest BCUT2D eigenvalue weighted by Gasteiger charge is -2.10. The molecule has 1 N–H and O–H groups in total. The maximum atomic E-state index is 4.76. The number of aromatic nitrogens is 1. The molecule has 1 aromatic heterocycles. The molecule has 1 aliphatic rings. The number of hydrogen-bond donors (Lipinski definition) is 1. The maximum absolute atomic E-state index is 4.76. The lowest BCUT2D eigenvalue weighted by molar-refractivity contribution is 0.526. The van der Waals surface area contributed by atoms with Gasteiger partial charge in [-0.15, -0.1) is 11.3 Å². The summed E-state index contributed by atoms with van der Waals surface area (Å²) in [5.41, 5.74) is 3.81. The van der Waals surface area contributed by atoms with E-state index in [0.29, 0.717) is 0 Å². The average molecular weight is 300 g/mol. The van der Waals surface area contributed by atoms with Crippen molar-refractivity contribution in [2.75, 3.05) is 0 Å². The van der Waals surface area contributed by atoms with Gasteiger partial charge in [-0.1, -0.05) is 44.0 Å². The Morgan fingerprint density at radius 3 is 2.57 bits per heavy atom. The van der Waals surface area contributed by atoms with Gasteiger partial charge in [0.2, 0.25) is 0 Å². The SMILES string of the molecule is CCc1ccc(-c2nc(C)c(CNC3CCCC3)s2)cc1. The van der Waals surface area contributed by atoms with Crippen molar-refractivity contribution in [2.24, 2.45) is 0 Å². The van der Waals surface area contributed by atoms with E-state index in [1.807, 2.05) is 11.3 Å². The number of benzene rings is 1. The highest BCUT2D eigenvalue weighted by molar-refractivity contribution is 7.15. The smallest absolute Gasteiger partial charge is 0.123 e. The predicted molar refractivity (Wildman–Crippen MR) is 90.8 cm³/mol. The van der Waals surface area contributed by atoms with E-state index in [4.69, 9.17) is 4.98 Å². The average Bonchev–Trinajstić information content (AvgIpc) is 3.15. The summed E-state index contributed by atoms with van der Waals surface area (Å²) in [7, 11) is 0. The summed E-state index contributed by atoms with van der Waals surface area (Å²) in [6, 6.07) is 9.54. The first-order chi connectivity index (χ1) is 10.3. The lowest BCUT2D eigenvalue weighted by atomic mass is 10.1. The van der Waals surface area contributed by atoms with Gasteiger partial charge in [-0.05, 0) is 31.7 Å². The molecule has 1 aromatic carbocycles. The normalized spacial score (nSPS) is 15.7. The van der Waals surface area contributed by atoms with E-state index >= 15 is 0 Å². The first kappa shape index (κ1) is 14.7. The van der Waals surface area contributed by atoms with Crippen molar-refractivity contribution in [3.63, 3.8) is 0 Å². The summed E-state index contributed by atoms with van der Waals surface area (Å²) < 4.78 is 0. The van der Waals surface area contributed by atoms with Gasteiger partial charge in [0, 0.05) is 23.0 Å². The summed E-state index contributed by atoms with van der Waals surface area (Å²) >= 11 is 1.84. The molecule has 0 spiro atoms. The topological polar surface area (TPSA) is 24.9 Å². The fourth-order valence-electron chi connectivity index (χ4n) is 2.97.